The van der Waals surface area contributed by atoms with Gasteiger partial charge < -0.3 is 35.2 Å². The molecule has 0 radical (unpaired) electrons. The van der Waals surface area contributed by atoms with Crippen LogP contribution in [0.2, 0.25) is 0 Å². The summed E-state index contributed by atoms with van der Waals surface area (Å²) in [7, 11) is -4.80. The van der Waals surface area contributed by atoms with Crippen LogP contribution in [0.5, 0.6) is 0 Å². The van der Waals surface area contributed by atoms with Crippen molar-refractivity contribution in [3.8, 4) is 0 Å². The van der Waals surface area contributed by atoms with Gasteiger partial charge in [0.25, 0.3) is 0 Å². The first-order chi connectivity index (χ1) is 8.61. The van der Waals surface area contributed by atoms with Crippen molar-refractivity contribution in [2.24, 2.45) is 0 Å². The van der Waals surface area contributed by atoms with Crippen LogP contribution < -0.4 is 74.6 Å². The monoisotopic (exact) mass is 345 g/mol. The Morgan fingerprint density at radius 2 is 1.90 bits per heavy atom. The normalized spacial score (nSPS) is 32.6. The predicted octanol–water partition coefficient (Wildman–Crippen LogP) is -10.2. The molecule has 21 heavy (non-hydrogen) atoms. The maximum absolute atomic E-state index is 11.7. The van der Waals surface area contributed by atoms with Gasteiger partial charge in [-0.3, -0.25) is 9.32 Å². The molecule has 1 amide bonds. The van der Waals surface area contributed by atoms with E-state index in [0.717, 1.165) is 6.92 Å². The number of ether oxygens (including phenoxy) is 1. The van der Waals surface area contributed by atoms with E-state index in [4.69, 9.17) is 9.79 Å². The van der Waals surface area contributed by atoms with Gasteiger partial charge in [-0.15, -0.1) is 0 Å². The van der Waals surface area contributed by atoms with Gasteiger partial charge in [-0.2, -0.15) is 0 Å². The number of carbonyl (C=O) groups excluding carboxylic acids is 1. The van der Waals surface area contributed by atoms with Crippen molar-refractivity contribution in [1.82, 2.24) is 5.32 Å². The van der Waals surface area contributed by atoms with Gasteiger partial charge in [0.1, 0.15) is 6.10 Å². The predicted molar refractivity (Wildman–Crippen MR) is 54.1 cm³/mol. The van der Waals surface area contributed by atoms with E-state index < -0.39 is 51.0 Å². The molecule has 0 bridgehead atoms. The standard InChI is InChI=1S/C8H14NO9P.2Na/c1-3(10)9-5-7(12)6(11)4(18-8(5)13)2-17-19(14,15)16;;/h4-8,11H,2H2,1H3,(H,9,10)(H2,14,15,16);;/q-2;2*+1/t4-,5-,6-,7-,8?;;/m1../s1. The largest absolute Gasteiger partial charge is 1.00 e. The fourth-order valence-electron chi connectivity index (χ4n) is 1.61. The zero-order chi connectivity index (χ0) is 14.8. The van der Waals surface area contributed by atoms with Crippen LogP contribution in [-0.2, 0) is 18.6 Å². The molecule has 0 spiro atoms. The van der Waals surface area contributed by atoms with E-state index in [0.29, 0.717) is 0 Å². The van der Waals surface area contributed by atoms with Gasteiger partial charge in [-0.25, -0.2) is 4.57 Å². The fraction of sp³-hybridized carbons (Fsp3) is 0.875. The molecular weight excluding hydrogens is 331 g/mol. The Hall–Kier alpha value is 1.42. The third kappa shape index (κ3) is 8.18. The second-order valence-electron chi connectivity index (χ2n) is 4.01. The van der Waals surface area contributed by atoms with Crippen molar-refractivity contribution in [2.75, 3.05) is 6.61 Å². The first-order valence-electron chi connectivity index (χ1n) is 5.24. The summed E-state index contributed by atoms with van der Waals surface area (Å²) in [5, 5.41) is 34.8. The molecule has 0 saturated carbocycles. The zero-order valence-corrected chi connectivity index (χ0v) is 16.7. The van der Waals surface area contributed by atoms with Crippen LogP contribution in [0.1, 0.15) is 6.92 Å². The molecule has 10 nitrogen and oxygen atoms in total. The average Bonchev–Trinajstić information content (AvgIpc) is 2.26. The molecule has 1 rings (SSSR count). The van der Waals surface area contributed by atoms with Crippen molar-refractivity contribution in [2.45, 2.75) is 37.6 Å². The number of carbonyl (C=O) groups is 1. The third-order valence-corrected chi connectivity index (χ3v) is 2.94. The van der Waals surface area contributed by atoms with E-state index >= 15 is 0 Å². The zero-order valence-electron chi connectivity index (χ0n) is 11.8. The van der Waals surface area contributed by atoms with Crippen molar-refractivity contribution < 1.29 is 103 Å². The molecule has 1 heterocycles. The number of hydrogen-bond acceptors (Lipinski definition) is 7. The second kappa shape index (κ2) is 10.3. The number of nitrogens with one attached hydrogen (secondary N) is 1. The maximum Gasteiger partial charge on any atom is 1.00 e. The van der Waals surface area contributed by atoms with Crippen molar-refractivity contribution in [3.05, 3.63) is 0 Å². The van der Waals surface area contributed by atoms with Gasteiger partial charge >= 0.3 is 66.9 Å². The molecule has 0 aromatic carbocycles. The van der Waals surface area contributed by atoms with Gasteiger partial charge in [0.2, 0.25) is 5.91 Å². The molecule has 0 aliphatic carbocycles. The number of phosphoric ester groups is 1. The van der Waals surface area contributed by atoms with Gasteiger partial charge in [-0.05, 0) is 0 Å². The summed E-state index contributed by atoms with van der Waals surface area (Å²) in [4.78, 5) is 27.7. The Balaban J connectivity index is 0. The molecular formula is C8H14NNa2O9P. The summed E-state index contributed by atoms with van der Waals surface area (Å²) in [6.07, 6.45) is -7.05. The van der Waals surface area contributed by atoms with Crippen molar-refractivity contribution >= 4 is 13.7 Å². The number of aliphatic hydroxyl groups excluding tert-OH is 1. The Morgan fingerprint density at radius 3 is 2.33 bits per heavy atom. The van der Waals surface area contributed by atoms with Crippen LogP contribution in [0.15, 0.2) is 0 Å². The molecule has 4 N–H and O–H groups in total. The molecule has 0 aromatic heterocycles. The summed E-state index contributed by atoms with van der Waals surface area (Å²) in [5.41, 5.74) is 0. The molecule has 112 valence electrons. The Bertz CT molecular complexity index is 381. The van der Waals surface area contributed by atoms with E-state index in [2.05, 4.69) is 14.6 Å². The van der Waals surface area contributed by atoms with Crippen LogP contribution >= 0.6 is 7.82 Å². The van der Waals surface area contributed by atoms with Crippen LogP contribution in [-0.4, -0.2) is 58.1 Å². The number of rotatable bonds is 4. The smallest absolute Gasteiger partial charge is 0.849 e. The topological polar surface area (TPSA) is 171 Å². The van der Waals surface area contributed by atoms with Gasteiger partial charge in [0.05, 0.1) is 12.7 Å². The van der Waals surface area contributed by atoms with E-state index in [1.807, 2.05) is 0 Å². The molecule has 1 fully saturated rings. The van der Waals surface area contributed by atoms with Crippen molar-refractivity contribution in [3.63, 3.8) is 0 Å². The first-order valence-corrected chi connectivity index (χ1v) is 6.77. The first kappa shape index (κ1) is 24.7. The molecule has 0 aromatic rings. The van der Waals surface area contributed by atoms with E-state index in [1.54, 1.807) is 0 Å². The molecule has 13 heteroatoms. The second-order valence-corrected chi connectivity index (χ2v) is 5.25. The Kier molecular flexibility index (Phi) is 12.1. The van der Waals surface area contributed by atoms with Crippen LogP contribution in [0.25, 0.3) is 0 Å². The molecule has 1 aliphatic rings. The molecule has 1 saturated heterocycles. The SMILES string of the molecule is CC(=O)N[C@H]1C([O-])O[C@H](COP(=O)(O)O)[C@@H](O)[C@@H]1[O-].[Na+].[Na+]. The van der Waals surface area contributed by atoms with Crippen LogP contribution in [0.3, 0.4) is 0 Å². The summed E-state index contributed by atoms with van der Waals surface area (Å²) >= 11 is 0. The minimum Gasteiger partial charge on any atom is -0.849 e. The summed E-state index contributed by atoms with van der Waals surface area (Å²) < 4.78 is 19.2. The number of aliphatic hydroxyl groups is 1. The van der Waals surface area contributed by atoms with E-state index in [-0.39, 0.29) is 59.1 Å². The van der Waals surface area contributed by atoms with Gasteiger partial charge in [-0.1, -0.05) is 6.10 Å². The summed E-state index contributed by atoms with van der Waals surface area (Å²) in [5.74, 6) is -0.632. The van der Waals surface area contributed by atoms with Gasteiger partial charge in [0, 0.05) is 19.3 Å². The molecule has 1 aliphatic heterocycles. The van der Waals surface area contributed by atoms with Crippen molar-refractivity contribution in [1.29, 1.82) is 0 Å². The number of hydrogen-bond donors (Lipinski definition) is 4. The minimum absolute atomic E-state index is 0. The summed E-state index contributed by atoms with van der Waals surface area (Å²) in [6.45, 7) is 0.282. The molecule has 5 atom stereocenters. The average molecular weight is 345 g/mol. The minimum atomic E-state index is -4.80. The number of amides is 1. The number of phosphoric acid groups is 1. The van der Waals surface area contributed by atoms with E-state index in [1.165, 1.54) is 0 Å². The maximum atomic E-state index is 11.7. The molecule has 1 unspecified atom stereocenters. The Morgan fingerprint density at radius 1 is 1.38 bits per heavy atom. The van der Waals surface area contributed by atoms with Gasteiger partial charge in [0.15, 0.2) is 0 Å². The Labute approximate surface area is 165 Å². The van der Waals surface area contributed by atoms with E-state index in [9.17, 15) is 24.7 Å². The van der Waals surface area contributed by atoms with Crippen LogP contribution in [0.4, 0.5) is 0 Å². The summed E-state index contributed by atoms with van der Waals surface area (Å²) in [6, 6.07) is -1.47. The fourth-order valence-corrected chi connectivity index (χ4v) is 1.95. The quantitative estimate of drug-likeness (QED) is 0.285. The van der Waals surface area contributed by atoms with Crippen LogP contribution in [0, 0.1) is 0 Å². The third-order valence-electron chi connectivity index (χ3n) is 2.45.